The first-order chi connectivity index (χ1) is 17.0. The van der Waals surface area contributed by atoms with Crippen molar-refractivity contribution in [2.24, 2.45) is 0 Å². The van der Waals surface area contributed by atoms with Gasteiger partial charge in [-0.1, -0.05) is 0 Å². The molecule has 1 fully saturated rings. The van der Waals surface area contributed by atoms with Crippen LogP contribution in [-0.2, 0) is 4.74 Å². The number of pyridine rings is 2. The minimum absolute atomic E-state index is 0.0544. The molecule has 12 nitrogen and oxygen atoms in total. The van der Waals surface area contributed by atoms with Crippen molar-refractivity contribution < 1.29 is 28.5 Å². The highest BCUT2D eigenvalue weighted by Gasteiger charge is 2.34. The summed E-state index contributed by atoms with van der Waals surface area (Å²) >= 11 is 0. The van der Waals surface area contributed by atoms with Gasteiger partial charge in [0, 0.05) is 18.3 Å². The highest BCUT2D eigenvalue weighted by atomic mass is 16.5. The fourth-order valence-corrected chi connectivity index (χ4v) is 3.93. The maximum Gasteiger partial charge on any atom is 0.347 e. The first kappa shape index (κ1) is 23.9. The molecule has 0 saturated carbocycles. The number of amides is 1. The quantitative estimate of drug-likeness (QED) is 0.460. The van der Waals surface area contributed by atoms with Crippen LogP contribution in [0.15, 0.2) is 36.8 Å². The fourth-order valence-electron chi connectivity index (χ4n) is 3.93. The molecule has 2 atom stereocenters. The van der Waals surface area contributed by atoms with Crippen LogP contribution < -0.4 is 14.2 Å². The lowest BCUT2D eigenvalue weighted by molar-refractivity contribution is 0.0357. The number of hydrogen-bond donors (Lipinski definition) is 0. The third kappa shape index (κ3) is 4.86. The minimum Gasteiger partial charge on any atom is -0.496 e. The van der Waals surface area contributed by atoms with Crippen LogP contribution in [0.2, 0.25) is 0 Å². The fraction of sp³-hybridized carbons (Fsp3) is 0.391. The normalized spacial score (nSPS) is 17.5. The molecule has 1 aliphatic rings. The standard InChI is InChI=1S/C23H26N6O6/c1-14-5-6-15(35-21-19(23(31)34-4)17(32-2)9-10-24-21)13-28(14)22(30)16-7-8-18(33-3)27-20(16)29-25-11-12-26-29/h7-12,14-15H,5-6,13H2,1-4H3/t14-,15-/m1/s1. The Bertz CT molecular complexity index is 1200. The van der Waals surface area contributed by atoms with Crippen LogP contribution in [0.1, 0.15) is 40.5 Å². The molecule has 0 N–H and O–H groups in total. The van der Waals surface area contributed by atoms with Gasteiger partial charge in [-0.15, -0.1) is 4.80 Å². The highest BCUT2D eigenvalue weighted by Crippen LogP contribution is 2.30. The van der Waals surface area contributed by atoms with Crippen molar-refractivity contribution in [3.8, 4) is 23.3 Å². The Morgan fingerprint density at radius 3 is 2.46 bits per heavy atom. The van der Waals surface area contributed by atoms with Gasteiger partial charge in [0.15, 0.2) is 11.4 Å². The van der Waals surface area contributed by atoms with Crippen LogP contribution in [-0.4, -0.2) is 81.8 Å². The van der Waals surface area contributed by atoms with Crippen LogP contribution in [0.25, 0.3) is 5.82 Å². The Labute approximate surface area is 201 Å². The second-order valence-corrected chi connectivity index (χ2v) is 7.85. The van der Waals surface area contributed by atoms with Gasteiger partial charge in [-0.05, 0) is 31.9 Å². The van der Waals surface area contributed by atoms with Gasteiger partial charge >= 0.3 is 5.97 Å². The van der Waals surface area contributed by atoms with Crippen LogP contribution in [0.5, 0.6) is 17.5 Å². The monoisotopic (exact) mass is 482 g/mol. The van der Waals surface area contributed by atoms with Crippen molar-refractivity contribution >= 4 is 11.9 Å². The molecule has 1 amide bonds. The van der Waals surface area contributed by atoms with Crippen molar-refractivity contribution in [2.75, 3.05) is 27.9 Å². The van der Waals surface area contributed by atoms with Gasteiger partial charge in [0.05, 0.1) is 45.8 Å². The molecule has 0 aliphatic carbocycles. The Hall–Kier alpha value is -4.22. The first-order valence-electron chi connectivity index (χ1n) is 11.0. The maximum absolute atomic E-state index is 13.7. The number of carbonyl (C=O) groups excluding carboxylic acids is 2. The molecular weight excluding hydrogens is 456 g/mol. The van der Waals surface area contributed by atoms with Gasteiger partial charge in [-0.25, -0.2) is 9.78 Å². The van der Waals surface area contributed by atoms with Crippen LogP contribution in [0.4, 0.5) is 0 Å². The van der Waals surface area contributed by atoms with E-state index in [4.69, 9.17) is 18.9 Å². The van der Waals surface area contributed by atoms with Crippen molar-refractivity contribution in [3.05, 3.63) is 47.9 Å². The molecule has 4 heterocycles. The van der Waals surface area contributed by atoms with Crippen molar-refractivity contribution in [2.45, 2.75) is 31.9 Å². The molecule has 0 unspecified atom stereocenters. The van der Waals surface area contributed by atoms with E-state index in [1.165, 1.54) is 44.7 Å². The average molecular weight is 482 g/mol. The number of hydrogen-bond acceptors (Lipinski definition) is 10. The molecule has 35 heavy (non-hydrogen) atoms. The smallest absolute Gasteiger partial charge is 0.347 e. The topological polar surface area (TPSA) is 131 Å². The van der Waals surface area contributed by atoms with E-state index in [1.807, 2.05) is 6.92 Å². The molecule has 4 rings (SSSR count). The summed E-state index contributed by atoms with van der Waals surface area (Å²) in [5.41, 5.74) is 0.421. The van der Waals surface area contributed by atoms with E-state index in [1.54, 1.807) is 23.1 Å². The Balaban J connectivity index is 1.61. The van der Waals surface area contributed by atoms with Gasteiger partial charge in [-0.2, -0.15) is 15.2 Å². The lowest BCUT2D eigenvalue weighted by Gasteiger charge is -2.38. The lowest BCUT2D eigenvalue weighted by atomic mass is 10.00. The van der Waals surface area contributed by atoms with Crippen molar-refractivity contribution in [3.63, 3.8) is 0 Å². The number of rotatable bonds is 7. The number of nitrogens with zero attached hydrogens (tertiary/aromatic N) is 6. The van der Waals surface area contributed by atoms with E-state index in [2.05, 4.69) is 20.2 Å². The number of carbonyl (C=O) groups is 2. The Kier molecular flexibility index (Phi) is 7.09. The summed E-state index contributed by atoms with van der Waals surface area (Å²) in [5, 5.41) is 8.24. The van der Waals surface area contributed by atoms with E-state index in [9.17, 15) is 9.59 Å². The minimum atomic E-state index is -0.622. The second-order valence-electron chi connectivity index (χ2n) is 7.85. The Morgan fingerprint density at radius 2 is 1.77 bits per heavy atom. The zero-order chi connectivity index (χ0) is 24.9. The number of aromatic nitrogens is 5. The van der Waals surface area contributed by atoms with E-state index in [-0.39, 0.29) is 35.8 Å². The summed E-state index contributed by atoms with van der Waals surface area (Å²) in [7, 11) is 4.22. The number of methoxy groups -OCH3 is 3. The van der Waals surface area contributed by atoms with Crippen molar-refractivity contribution in [1.82, 2.24) is 29.9 Å². The summed E-state index contributed by atoms with van der Waals surface area (Å²) in [4.78, 5) is 37.6. The molecule has 1 aliphatic heterocycles. The molecule has 0 radical (unpaired) electrons. The second kappa shape index (κ2) is 10.4. The number of esters is 1. The summed E-state index contributed by atoms with van der Waals surface area (Å²) in [6, 6.07) is 4.76. The number of ether oxygens (including phenoxy) is 4. The lowest BCUT2D eigenvalue weighted by Crippen LogP contribution is -2.49. The largest absolute Gasteiger partial charge is 0.496 e. The molecule has 3 aromatic rings. The molecule has 0 bridgehead atoms. The van der Waals surface area contributed by atoms with Crippen LogP contribution in [0.3, 0.4) is 0 Å². The average Bonchev–Trinajstić information content (AvgIpc) is 3.43. The molecule has 0 aromatic carbocycles. The van der Waals surface area contributed by atoms with Gasteiger partial charge in [0.25, 0.3) is 5.91 Å². The molecule has 184 valence electrons. The summed E-state index contributed by atoms with van der Waals surface area (Å²) < 4.78 is 21.5. The van der Waals surface area contributed by atoms with E-state index >= 15 is 0 Å². The molecular formula is C23H26N6O6. The zero-order valence-corrected chi connectivity index (χ0v) is 19.9. The SMILES string of the molecule is COC(=O)c1c(OC)ccnc1O[C@@H]1CC[C@@H](C)N(C(=O)c2ccc(OC)nc2-n2nccn2)C1. The summed E-state index contributed by atoms with van der Waals surface area (Å²) in [6.45, 7) is 2.25. The molecule has 12 heteroatoms. The Morgan fingerprint density at radius 1 is 1.00 bits per heavy atom. The van der Waals surface area contributed by atoms with Crippen molar-refractivity contribution in [1.29, 1.82) is 0 Å². The van der Waals surface area contributed by atoms with Gasteiger partial charge in [0.2, 0.25) is 11.8 Å². The first-order valence-corrected chi connectivity index (χ1v) is 11.0. The van der Waals surface area contributed by atoms with E-state index < -0.39 is 12.1 Å². The van der Waals surface area contributed by atoms with Gasteiger partial charge in [0.1, 0.15) is 11.9 Å². The molecule has 3 aromatic heterocycles. The van der Waals surface area contributed by atoms with Crippen LogP contribution in [0, 0.1) is 0 Å². The third-order valence-electron chi connectivity index (χ3n) is 5.76. The summed E-state index contributed by atoms with van der Waals surface area (Å²) in [5.74, 6) is 0.108. The zero-order valence-electron chi connectivity index (χ0n) is 19.9. The summed E-state index contributed by atoms with van der Waals surface area (Å²) in [6.07, 6.45) is 5.44. The van der Waals surface area contributed by atoms with Crippen LogP contribution >= 0.6 is 0 Å². The predicted molar refractivity (Wildman–Crippen MR) is 122 cm³/mol. The molecule has 1 saturated heterocycles. The number of piperidine rings is 1. The molecule has 0 spiro atoms. The highest BCUT2D eigenvalue weighted by molar-refractivity contribution is 5.97. The number of likely N-dealkylation sites (tertiary alicyclic amines) is 1. The predicted octanol–water partition coefficient (Wildman–Crippen LogP) is 1.93. The maximum atomic E-state index is 13.7. The van der Waals surface area contributed by atoms with Gasteiger partial charge < -0.3 is 23.8 Å². The van der Waals surface area contributed by atoms with Gasteiger partial charge in [-0.3, -0.25) is 4.79 Å². The van der Waals surface area contributed by atoms with E-state index in [0.29, 0.717) is 30.0 Å². The van der Waals surface area contributed by atoms with E-state index in [0.717, 1.165) is 0 Å². The third-order valence-corrected chi connectivity index (χ3v) is 5.76.